The summed E-state index contributed by atoms with van der Waals surface area (Å²) in [5.41, 5.74) is 1.91. The number of likely N-dealkylation sites (tertiary alicyclic amines) is 1. The highest BCUT2D eigenvalue weighted by molar-refractivity contribution is 9.10. The molecule has 5 heteroatoms. The Balaban J connectivity index is 1.50. The zero-order chi connectivity index (χ0) is 17.4. The van der Waals surface area contributed by atoms with Crippen molar-refractivity contribution >= 4 is 21.7 Å². The fraction of sp³-hybridized carbons (Fsp3) is 0.300. The first-order valence-electron chi connectivity index (χ1n) is 8.52. The molecule has 0 aliphatic carbocycles. The monoisotopic (exact) mass is 398 g/mol. The molecule has 128 valence electrons. The van der Waals surface area contributed by atoms with Crippen LogP contribution in [0, 0.1) is 5.92 Å². The number of carbonyl (C=O) groups is 1. The molecule has 4 nitrogen and oxygen atoms in total. The minimum Gasteiger partial charge on any atom is -0.376 e. The van der Waals surface area contributed by atoms with E-state index in [1.807, 2.05) is 41.1 Å². The van der Waals surface area contributed by atoms with Crippen LogP contribution >= 0.6 is 15.9 Å². The molecule has 1 fully saturated rings. The maximum Gasteiger partial charge on any atom is 0.250 e. The van der Waals surface area contributed by atoms with Gasteiger partial charge in [-0.15, -0.1) is 0 Å². The van der Waals surface area contributed by atoms with Crippen LogP contribution in [-0.2, 0) is 6.54 Å². The van der Waals surface area contributed by atoms with Crippen LogP contribution in [0.2, 0.25) is 0 Å². The number of carbonyl (C=O) groups excluding carboxylic acids is 1. The third-order valence-corrected chi connectivity index (χ3v) is 5.60. The lowest BCUT2D eigenvalue weighted by molar-refractivity contribution is 0.104. The van der Waals surface area contributed by atoms with E-state index in [1.54, 1.807) is 12.1 Å². The molecule has 25 heavy (non-hydrogen) atoms. The Hall–Kier alpha value is -2.14. The fourth-order valence-electron chi connectivity index (χ4n) is 3.94. The highest BCUT2D eigenvalue weighted by atomic mass is 79.9. The Morgan fingerprint density at radius 3 is 2.68 bits per heavy atom. The van der Waals surface area contributed by atoms with Crippen molar-refractivity contribution in [2.45, 2.75) is 18.9 Å². The Morgan fingerprint density at radius 2 is 1.88 bits per heavy atom. The van der Waals surface area contributed by atoms with E-state index in [0.717, 1.165) is 36.2 Å². The van der Waals surface area contributed by atoms with E-state index in [-0.39, 0.29) is 11.3 Å². The molecule has 2 aromatic rings. The lowest BCUT2D eigenvalue weighted by Gasteiger charge is -2.42. The van der Waals surface area contributed by atoms with Crippen molar-refractivity contribution in [3.8, 4) is 0 Å². The first-order chi connectivity index (χ1) is 12.1. The molecule has 4 rings (SSSR count). The lowest BCUT2D eigenvalue weighted by atomic mass is 9.83. The summed E-state index contributed by atoms with van der Waals surface area (Å²) >= 11 is 3.38. The second-order valence-electron chi connectivity index (χ2n) is 6.84. The summed E-state index contributed by atoms with van der Waals surface area (Å²) < 4.78 is 2.89. The van der Waals surface area contributed by atoms with E-state index < -0.39 is 0 Å². The van der Waals surface area contributed by atoms with Crippen LogP contribution < -0.4 is 5.56 Å². The number of ketones is 1. The summed E-state index contributed by atoms with van der Waals surface area (Å²) in [5.74, 6) is 0.826. The second kappa shape index (κ2) is 6.64. The van der Waals surface area contributed by atoms with Gasteiger partial charge >= 0.3 is 0 Å². The Bertz CT molecular complexity index is 885. The fourth-order valence-corrected chi connectivity index (χ4v) is 4.20. The van der Waals surface area contributed by atoms with Crippen LogP contribution in [0.4, 0.5) is 0 Å². The van der Waals surface area contributed by atoms with Gasteiger partial charge in [0.05, 0.1) is 0 Å². The molecule has 0 saturated carbocycles. The summed E-state index contributed by atoms with van der Waals surface area (Å²) in [5, 5.41) is 0. The van der Waals surface area contributed by atoms with Crippen molar-refractivity contribution in [2.75, 3.05) is 13.1 Å². The van der Waals surface area contributed by atoms with Crippen LogP contribution in [0.1, 0.15) is 28.4 Å². The lowest BCUT2D eigenvalue weighted by Crippen LogP contribution is -2.45. The Morgan fingerprint density at radius 1 is 1.08 bits per heavy atom. The van der Waals surface area contributed by atoms with Crippen molar-refractivity contribution < 1.29 is 4.79 Å². The molecule has 2 unspecified atom stereocenters. The average molecular weight is 399 g/mol. The van der Waals surface area contributed by atoms with Crippen molar-refractivity contribution in [3.63, 3.8) is 0 Å². The second-order valence-corrected chi connectivity index (χ2v) is 7.75. The predicted molar refractivity (Wildman–Crippen MR) is 101 cm³/mol. The van der Waals surface area contributed by atoms with E-state index in [1.165, 1.54) is 0 Å². The van der Waals surface area contributed by atoms with E-state index in [0.29, 0.717) is 17.4 Å². The topological polar surface area (TPSA) is 42.3 Å². The molecule has 2 aliphatic rings. The largest absolute Gasteiger partial charge is 0.376 e. The number of fused-ring (bicyclic) bond motifs is 4. The molecule has 3 heterocycles. The number of halogens is 1. The molecular weight excluding hydrogens is 380 g/mol. The smallest absolute Gasteiger partial charge is 0.250 e. The normalized spacial score (nSPS) is 22.0. The first kappa shape index (κ1) is 16.3. The number of pyridine rings is 1. The van der Waals surface area contributed by atoms with Crippen LogP contribution in [0.15, 0.2) is 64.0 Å². The van der Waals surface area contributed by atoms with Gasteiger partial charge in [0.2, 0.25) is 0 Å². The molecule has 0 radical (unpaired) electrons. The van der Waals surface area contributed by atoms with Gasteiger partial charge in [-0.25, -0.2) is 0 Å². The zero-order valence-electron chi connectivity index (χ0n) is 13.8. The van der Waals surface area contributed by atoms with E-state index in [4.69, 9.17) is 0 Å². The number of hydrogen-bond acceptors (Lipinski definition) is 3. The molecule has 1 aromatic carbocycles. The number of allylic oxidation sites excluding steroid dienone is 1. The standard InChI is InChI=1S/C20H19BrN2O2/c21-17-6-4-15(5-7-17)19(24)8-9-22-11-14-10-16(13-22)18-2-1-3-20(25)23(18)12-14/h1-9,14,16H,10-13H2. The van der Waals surface area contributed by atoms with Gasteiger partial charge in [-0.2, -0.15) is 0 Å². The summed E-state index contributed by atoms with van der Waals surface area (Å²) in [6, 6.07) is 12.9. The predicted octanol–water partition coefficient (Wildman–Crippen LogP) is 3.43. The summed E-state index contributed by atoms with van der Waals surface area (Å²) in [6.07, 6.45) is 4.69. The van der Waals surface area contributed by atoms with E-state index in [2.05, 4.69) is 26.9 Å². The molecule has 2 atom stereocenters. The van der Waals surface area contributed by atoms with Gasteiger partial charge in [0, 0.05) is 59.6 Å². The number of rotatable bonds is 3. The van der Waals surface area contributed by atoms with Crippen LogP contribution in [-0.4, -0.2) is 28.3 Å². The molecular formula is C20H19BrN2O2. The van der Waals surface area contributed by atoms with Crippen LogP contribution in [0.3, 0.4) is 0 Å². The molecule has 2 aliphatic heterocycles. The molecule has 2 bridgehead atoms. The average Bonchev–Trinajstić information content (AvgIpc) is 2.61. The van der Waals surface area contributed by atoms with Crippen molar-refractivity contribution in [1.29, 1.82) is 0 Å². The third kappa shape index (κ3) is 3.33. The quantitative estimate of drug-likeness (QED) is 0.587. The van der Waals surface area contributed by atoms with Gasteiger partial charge in [-0.3, -0.25) is 9.59 Å². The van der Waals surface area contributed by atoms with Gasteiger partial charge in [-0.05, 0) is 42.7 Å². The van der Waals surface area contributed by atoms with Gasteiger partial charge < -0.3 is 9.47 Å². The van der Waals surface area contributed by atoms with Gasteiger partial charge in [0.1, 0.15) is 0 Å². The maximum absolute atomic E-state index is 12.3. The number of nitrogens with zero attached hydrogens (tertiary/aromatic N) is 2. The maximum atomic E-state index is 12.3. The van der Waals surface area contributed by atoms with Crippen molar-refractivity contribution in [2.24, 2.45) is 5.92 Å². The summed E-state index contributed by atoms with van der Waals surface area (Å²) in [7, 11) is 0. The molecule has 0 spiro atoms. The number of hydrogen-bond donors (Lipinski definition) is 0. The Kier molecular flexibility index (Phi) is 4.34. The van der Waals surface area contributed by atoms with Gasteiger partial charge in [0.25, 0.3) is 5.56 Å². The van der Waals surface area contributed by atoms with Gasteiger partial charge in [-0.1, -0.05) is 22.0 Å². The molecule has 1 aromatic heterocycles. The van der Waals surface area contributed by atoms with Crippen molar-refractivity contribution in [3.05, 3.63) is 80.8 Å². The number of piperidine rings is 1. The minimum atomic E-state index is 0.0138. The number of aromatic nitrogens is 1. The van der Waals surface area contributed by atoms with Crippen LogP contribution in [0.5, 0.6) is 0 Å². The highest BCUT2D eigenvalue weighted by Crippen LogP contribution is 2.34. The zero-order valence-corrected chi connectivity index (χ0v) is 15.4. The highest BCUT2D eigenvalue weighted by Gasteiger charge is 2.33. The minimum absolute atomic E-state index is 0.0138. The third-order valence-electron chi connectivity index (χ3n) is 5.07. The van der Waals surface area contributed by atoms with E-state index >= 15 is 0 Å². The van der Waals surface area contributed by atoms with Crippen molar-refractivity contribution in [1.82, 2.24) is 9.47 Å². The SMILES string of the molecule is O=C(C=CN1CC2CC(C1)c1cccc(=O)n1C2)c1ccc(Br)cc1. The molecule has 1 saturated heterocycles. The Labute approximate surface area is 154 Å². The molecule has 0 amide bonds. The number of benzene rings is 1. The van der Waals surface area contributed by atoms with Crippen LogP contribution in [0.25, 0.3) is 0 Å². The van der Waals surface area contributed by atoms with Gasteiger partial charge in [0.15, 0.2) is 5.78 Å². The summed E-state index contributed by atoms with van der Waals surface area (Å²) in [6.45, 7) is 2.52. The molecule has 0 N–H and O–H groups in total. The van der Waals surface area contributed by atoms with E-state index in [9.17, 15) is 9.59 Å². The first-order valence-corrected chi connectivity index (χ1v) is 9.31. The summed E-state index contributed by atoms with van der Waals surface area (Å²) in [4.78, 5) is 26.6.